The predicted octanol–water partition coefficient (Wildman–Crippen LogP) is 0.357. The fourth-order valence-corrected chi connectivity index (χ4v) is 3.21. The molecule has 0 radical (unpaired) electrons. The highest BCUT2D eigenvalue weighted by Crippen LogP contribution is 2.24. The zero-order chi connectivity index (χ0) is 15.7. The zero-order valence-corrected chi connectivity index (χ0v) is 13.2. The van der Waals surface area contributed by atoms with E-state index in [1.165, 1.54) is 15.4 Å². The van der Waals surface area contributed by atoms with Gasteiger partial charge in [0.1, 0.15) is 13.1 Å². The number of hydrogen-bond donors (Lipinski definition) is 1. The molecule has 3 rings (SSSR count). The summed E-state index contributed by atoms with van der Waals surface area (Å²) in [7, 11) is 0. The van der Waals surface area contributed by atoms with Crippen LogP contribution in [0.3, 0.4) is 0 Å². The van der Waals surface area contributed by atoms with Crippen molar-refractivity contribution >= 4 is 17.5 Å². The lowest BCUT2D eigenvalue weighted by molar-refractivity contribution is -0.922. The molecule has 0 aliphatic carbocycles. The molecule has 1 N–H and O–H groups in total. The second-order valence-corrected chi connectivity index (χ2v) is 6.34. The van der Waals surface area contributed by atoms with Crippen molar-refractivity contribution < 1.29 is 19.2 Å². The summed E-state index contributed by atoms with van der Waals surface area (Å²) in [5, 5.41) is 0. The third-order valence-electron chi connectivity index (χ3n) is 4.59. The maximum absolute atomic E-state index is 12.7. The van der Waals surface area contributed by atoms with E-state index in [9.17, 15) is 9.59 Å². The first-order chi connectivity index (χ1) is 10.6. The molecule has 22 heavy (non-hydrogen) atoms. The summed E-state index contributed by atoms with van der Waals surface area (Å²) in [5.41, 5.74) is 1.90. The number of amides is 2. The van der Waals surface area contributed by atoms with Crippen LogP contribution in [-0.4, -0.2) is 44.2 Å². The van der Waals surface area contributed by atoms with Gasteiger partial charge in [-0.1, -0.05) is 26.0 Å². The number of benzene rings is 1. The van der Waals surface area contributed by atoms with Crippen molar-refractivity contribution in [2.75, 3.05) is 31.2 Å². The summed E-state index contributed by atoms with van der Waals surface area (Å²) < 4.78 is 5.34. The molecule has 2 aliphatic rings. The summed E-state index contributed by atoms with van der Waals surface area (Å²) in [5.74, 6) is 0.273. The van der Waals surface area contributed by atoms with Gasteiger partial charge in [0, 0.05) is 0 Å². The van der Waals surface area contributed by atoms with E-state index in [0.717, 1.165) is 13.1 Å². The maximum Gasteiger partial charge on any atom is 0.292 e. The van der Waals surface area contributed by atoms with Gasteiger partial charge in [-0.05, 0) is 23.6 Å². The van der Waals surface area contributed by atoms with Crippen LogP contribution in [0.25, 0.3) is 0 Å². The number of carbonyl (C=O) groups is 2. The Morgan fingerprint density at radius 1 is 1.14 bits per heavy atom. The van der Waals surface area contributed by atoms with Crippen LogP contribution in [0.2, 0.25) is 0 Å². The Morgan fingerprint density at radius 3 is 2.36 bits per heavy atom. The average molecular weight is 303 g/mol. The number of quaternary nitrogens is 1. The first-order valence-electron chi connectivity index (χ1n) is 7.97. The monoisotopic (exact) mass is 303 g/mol. The van der Waals surface area contributed by atoms with E-state index < -0.39 is 0 Å². The third-order valence-corrected chi connectivity index (χ3v) is 4.59. The van der Waals surface area contributed by atoms with Gasteiger partial charge in [0.15, 0.2) is 6.04 Å². The SMILES string of the molecule is CC(C)c1ccc(N2C(=O)C[C@@H]([NH+]3CCOCC3)C2=O)cc1. The number of nitrogens with zero attached hydrogens (tertiary/aromatic N) is 1. The van der Waals surface area contributed by atoms with Crippen molar-refractivity contribution in [3.63, 3.8) is 0 Å². The van der Waals surface area contributed by atoms with Gasteiger partial charge in [0.05, 0.1) is 25.3 Å². The van der Waals surface area contributed by atoms with Gasteiger partial charge in [-0.2, -0.15) is 0 Å². The third kappa shape index (κ3) is 2.78. The Kier molecular flexibility index (Phi) is 4.27. The lowest BCUT2D eigenvalue weighted by Gasteiger charge is -2.27. The van der Waals surface area contributed by atoms with Gasteiger partial charge < -0.3 is 9.64 Å². The van der Waals surface area contributed by atoms with E-state index in [1.54, 1.807) is 0 Å². The second kappa shape index (κ2) is 6.18. The average Bonchev–Trinajstić information content (AvgIpc) is 2.83. The van der Waals surface area contributed by atoms with Crippen molar-refractivity contribution in [1.29, 1.82) is 0 Å². The van der Waals surface area contributed by atoms with Crippen molar-refractivity contribution in [3.8, 4) is 0 Å². The molecule has 0 bridgehead atoms. The molecule has 1 aromatic carbocycles. The number of hydrogen-bond acceptors (Lipinski definition) is 3. The molecule has 1 aromatic rings. The standard InChI is InChI=1S/C17H22N2O3/c1-12(2)13-3-5-14(6-4-13)19-16(20)11-15(17(19)21)18-7-9-22-10-8-18/h3-6,12,15H,7-11H2,1-2H3/p+1/t15-/m1/s1. The van der Waals surface area contributed by atoms with Crippen LogP contribution in [0.15, 0.2) is 24.3 Å². The normalized spacial score (nSPS) is 23.6. The molecule has 2 amide bonds. The summed E-state index contributed by atoms with van der Waals surface area (Å²) >= 11 is 0. The van der Waals surface area contributed by atoms with Gasteiger partial charge in [-0.25, -0.2) is 4.90 Å². The number of morpholine rings is 1. The van der Waals surface area contributed by atoms with Gasteiger partial charge >= 0.3 is 0 Å². The van der Waals surface area contributed by atoms with Gasteiger partial charge in [-0.3, -0.25) is 9.59 Å². The van der Waals surface area contributed by atoms with Crippen molar-refractivity contribution in [2.45, 2.75) is 32.2 Å². The minimum absolute atomic E-state index is 0.0702. The second-order valence-electron chi connectivity index (χ2n) is 6.34. The molecule has 0 saturated carbocycles. The predicted molar refractivity (Wildman–Crippen MR) is 82.9 cm³/mol. The van der Waals surface area contributed by atoms with E-state index >= 15 is 0 Å². The molecule has 2 saturated heterocycles. The summed E-state index contributed by atoms with van der Waals surface area (Å²) in [6.45, 7) is 7.17. The maximum atomic E-state index is 12.7. The molecule has 1 atom stereocenters. The Hall–Kier alpha value is -1.72. The first kappa shape index (κ1) is 15.2. The number of nitrogens with one attached hydrogen (secondary N) is 1. The van der Waals surface area contributed by atoms with E-state index in [4.69, 9.17) is 4.74 Å². The Bertz CT molecular complexity index is 562. The van der Waals surface area contributed by atoms with E-state index in [1.807, 2.05) is 24.3 Å². The summed E-state index contributed by atoms with van der Waals surface area (Å²) in [4.78, 5) is 27.5. The highest BCUT2D eigenvalue weighted by molar-refractivity contribution is 6.21. The molecule has 0 unspecified atom stereocenters. The Morgan fingerprint density at radius 2 is 1.77 bits per heavy atom. The van der Waals surface area contributed by atoms with Crippen LogP contribution < -0.4 is 9.80 Å². The summed E-state index contributed by atoms with van der Waals surface area (Å²) in [6, 6.07) is 7.50. The number of ether oxygens (including phenoxy) is 1. The number of imide groups is 1. The molecule has 2 aliphatic heterocycles. The van der Waals surface area contributed by atoms with Crippen LogP contribution in [0.5, 0.6) is 0 Å². The van der Waals surface area contributed by atoms with Gasteiger partial charge in [-0.15, -0.1) is 0 Å². The largest absolute Gasteiger partial charge is 0.370 e. The first-order valence-corrected chi connectivity index (χ1v) is 7.97. The molecule has 118 valence electrons. The van der Waals surface area contributed by atoms with Crippen LogP contribution in [0.4, 0.5) is 5.69 Å². The minimum atomic E-state index is -0.249. The molecule has 2 fully saturated rings. The van der Waals surface area contributed by atoms with Crippen LogP contribution in [0.1, 0.15) is 31.7 Å². The Labute approximate surface area is 130 Å². The highest BCUT2D eigenvalue weighted by atomic mass is 16.5. The Balaban J connectivity index is 1.78. The molecule has 5 nitrogen and oxygen atoms in total. The molecule has 0 spiro atoms. The van der Waals surface area contributed by atoms with Crippen LogP contribution in [-0.2, 0) is 14.3 Å². The van der Waals surface area contributed by atoms with Crippen LogP contribution in [0, 0.1) is 0 Å². The van der Waals surface area contributed by atoms with E-state index in [-0.39, 0.29) is 17.9 Å². The quantitative estimate of drug-likeness (QED) is 0.820. The highest BCUT2D eigenvalue weighted by Gasteiger charge is 2.45. The van der Waals surface area contributed by atoms with Crippen LogP contribution >= 0.6 is 0 Å². The van der Waals surface area contributed by atoms with Crippen molar-refractivity contribution in [3.05, 3.63) is 29.8 Å². The lowest BCUT2D eigenvalue weighted by Crippen LogP contribution is -3.18. The smallest absolute Gasteiger partial charge is 0.292 e. The molecule has 2 heterocycles. The fourth-order valence-electron chi connectivity index (χ4n) is 3.21. The van der Waals surface area contributed by atoms with Gasteiger partial charge in [0.25, 0.3) is 5.91 Å². The molecule has 5 heteroatoms. The van der Waals surface area contributed by atoms with E-state index in [2.05, 4.69) is 13.8 Å². The lowest BCUT2D eigenvalue weighted by atomic mass is 10.0. The molecule has 0 aromatic heterocycles. The fraction of sp³-hybridized carbons (Fsp3) is 0.529. The zero-order valence-electron chi connectivity index (χ0n) is 13.2. The molecular weight excluding hydrogens is 280 g/mol. The van der Waals surface area contributed by atoms with Crippen molar-refractivity contribution in [2.24, 2.45) is 0 Å². The number of rotatable bonds is 3. The molecular formula is C17H23N2O3+. The van der Waals surface area contributed by atoms with Gasteiger partial charge in [0.2, 0.25) is 5.91 Å². The topological polar surface area (TPSA) is 51.1 Å². The number of anilines is 1. The minimum Gasteiger partial charge on any atom is -0.370 e. The summed E-state index contributed by atoms with van der Waals surface area (Å²) in [6.07, 6.45) is 0.306. The van der Waals surface area contributed by atoms with E-state index in [0.29, 0.717) is 31.2 Å². The number of carbonyl (C=O) groups excluding carboxylic acids is 2. The van der Waals surface area contributed by atoms with Crippen molar-refractivity contribution in [1.82, 2.24) is 0 Å².